The Hall–Kier alpha value is -1.01. The first-order chi connectivity index (χ1) is 7.99. The standard InChI is InChI=1S/C10H12BrClFN3O/c1-2-8(10(14)16-17)15-9-6(11)3-5(13)4-7(9)12/h3-4,8,15,17H,2H2,1H3,(H2,14,16). The number of hydrogen-bond donors (Lipinski definition) is 3. The van der Waals surface area contributed by atoms with E-state index in [0.29, 0.717) is 16.6 Å². The number of amidine groups is 1. The zero-order valence-corrected chi connectivity index (χ0v) is 11.4. The van der Waals surface area contributed by atoms with E-state index in [9.17, 15) is 4.39 Å². The minimum absolute atomic E-state index is 0.0415. The minimum Gasteiger partial charge on any atom is -0.409 e. The van der Waals surface area contributed by atoms with Crippen molar-refractivity contribution in [1.82, 2.24) is 0 Å². The highest BCUT2D eigenvalue weighted by molar-refractivity contribution is 9.10. The van der Waals surface area contributed by atoms with Crippen LogP contribution in [0.25, 0.3) is 0 Å². The van der Waals surface area contributed by atoms with E-state index in [0.717, 1.165) is 0 Å². The molecule has 0 heterocycles. The smallest absolute Gasteiger partial charge is 0.161 e. The fourth-order valence-corrected chi connectivity index (χ4v) is 2.23. The highest BCUT2D eigenvalue weighted by Crippen LogP contribution is 2.32. The van der Waals surface area contributed by atoms with E-state index >= 15 is 0 Å². The lowest BCUT2D eigenvalue weighted by atomic mass is 10.2. The van der Waals surface area contributed by atoms with Crippen LogP contribution in [0.3, 0.4) is 0 Å². The summed E-state index contributed by atoms with van der Waals surface area (Å²) in [5.74, 6) is -0.399. The first-order valence-corrected chi connectivity index (χ1v) is 6.05. The van der Waals surface area contributed by atoms with Crippen molar-refractivity contribution >= 4 is 39.1 Å². The Labute approximate surface area is 112 Å². The van der Waals surface area contributed by atoms with Crippen LogP contribution in [0.5, 0.6) is 0 Å². The van der Waals surface area contributed by atoms with Crippen molar-refractivity contribution in [3.63, 3.8) is 0 Å². The van der Waals surface area contributed by atoms with Gasteiger partial charge in [-0.05, 0) is 34.5 Å². The first kappa shape index (κ1) is 14.1. The number of anilines is 1. The molecule has 0 spiro atoms. The van der Waals surface area contributed by atoms with Crippen LogP contribution >= 0.6 is 27.5 Å². The zero-order chi connectivity index (χ0) is 13.0. The number of hydrogen-bond acceptors (Lipinski definition) is 3. The predicted octanol–water partition coefficient (Wildman–Crippen LogP) is 3.18. The third-order valence-corrected chi connectivity index (χ3v) is 3.13. The van der Waals surface area contributed by atoms with E-state index in [2.05, 4.69) is 26.4 Å². The van der Waals surface area contributed by atoms with Gasteiger partial charge in [0.05, 0.1) is 16.8 Å². The van der Waals surface area contributed by atoms with Crippen molar-refractivity contribution < 1.29 is 9.60 Å². The molecule has 1 aromatic rings. The lowest BCUT2D eigenvalue weighted by molar-refractivity contribution is 0.316. The highest BCUT2D eigenvalue weighted by atomic mass is 79.9. The van der Waals surface area contributed by atoms with E-state index in [4.69, 9.17) is 22.5 Å². The summed E-state index contributed by atoms with van der Waals surface area (Å²) in [6.45, 7) is 1.86. The van der Waals surface area contributed by atoms with Gasteiger partial charge in [-0.15, -0.1) is 0 Å². The van der Waals surface area contributed by atoms with Crippen molar-refractivity contribution in [3.8, 4) is 0 Å². The average molecular weight is 325 g/mol. The van der Waals surface area contributed by atoms with Crippen molar-refractivity contribution in [3.05, 3.63) is 27.4 Å². The van der Waals surface area contributed by atoms with Gasteiger partial charge in [-0.2, -0.15) is 0 Å². The molecule has 0 aliphatic heterocycles. The Kier molecular flexibility index (Phi) is 5.02. The van der Waals surface area contributed by atoms with Crippen LogP contribution in [-0.4, -0.2) is 17.1 Å². The van der Waals surface area contributed by atoms with E-state index in [-0.39, 0.29) is 16.9 Å². The summed E-state index contributed by atoms with van der Waals surface area (Å²) in [6, 6.07) is 2.10. The molecule has 94 valence electrons. The van der Waals surface area contributed by atoms with Gasteiger partial charge < -0.3 is 16.3 Å². The van der Waals surface area contributed by atoms with Crippen LogP contribution in [0.1, 0.15) is 13.3 Å². The quantitative estimate of drug-likeness (QED) is 0.345. The van der Waals surface area contributed by atoms with Crippen molar-refractivity contribution in [2.75, 3.05) is 5.32 Å². The fourth-order valence-electron chi connectivity index (χ4n) is 1.31. The summed E-state index contributed by atoms with van der Waals surface area (Å²) < 4.78 is 13.5. The monoisotopic (exact) mass is 323 g/mol. The lowest BCUT2D eigenvalue weighted by Gasteiger charge is -2.18. The molecule has 1 atom stereocenters. The molecule has 17 heavy (non-hydrogen) atoms. The van der Waals surface area contributed by atoms with Crippen LogP contribution in [0, 0.1) is 5.82 Å². The summed E-state index contributed by atoms with van der Waals surface area (Å²) >= 11 is 9.10. The second kappa shape index (κ2) is 6.07. The molecule has 0 saturated carbocycles. The van der Waals surface area contributed by atoms with Crippen molar-refractivity contribution in [1.29, 1.82) is 0 Å². The molecule has 1 aromatic carbocycles. The number of benzene rings is 1. The maximum absolute atomic E-state index is 13.0. The van der Waals surface area contributed by atoms with Gasteiger partial charge in [0.25, 0.3) is 0 Å². The van der Waals surface area contributed by atoms with E-state index in [1.54, 1.807) is 0 Å². The van der Waals surface area contributed by atoms with Gasteiger partial charge in [-0.3, -0.25) is 0 Å². The van der Waals surface area contributed by atoms with Crippen LogP contribution in [0.4, 0.5) is 10.1 Å². The van der Waals surface area contributed by atoms with Crippen LogP contribution in [-0.2, 0) is 0 Å². The van der Waals surface area contributed by atoms with Crippen molar-refractivity contribution in [2.24, 2.45) is 10.9 Å². The predicted molar refractivity (Wildman–Crippen MR) is 70.2 cm³/mol. The largest absolute Gasteiger partial charge is 0.409 e. The summed E-state index contributed by atoms with van der Waals surface area (Å²) in [5.41, 5.74) is 6.02. The molecule has 4 nitrogen and oxygen atoms in total. The van der Waals surface area contributed by atoms with E-state index in [1.165, 1.54) is 12.1 Å². The van der Waals surface area contributed by atoms with Crippen molar-refractivity contribution in [2.45, 2.75) is 19.4 Å². The number of oxime groups is 1. The maximum atomic E-state index is 13.0. The Morgan fingerprint density at radius 3 is 2.82 bits per heavy atom. The summed E-state index contributed by atoms with van der Waals surface area (Å²) in [7, 11) is 0. The highest BCUT2D eigenvalue weighted by Gasteiger charge is 2.15. The molecule has 0 aliphatic carbocycles. The van der Waals surface area contributed by atoms with Gasteiger partial charge in [-0.25, -0.2) is 4.39 Å². The second-order valence-electron chi connectivity index (χ2n) is 3.37. The van der Waals surface area contributed by atoms with Crippen LogP contribution in [0.15, 0.2) is 21.8 Å². The SMILES string of the molecule is CCC(Nc1c(Cl)cc(F)cc1Br)C(N)=NO. The molecule has 7 heteroatoms. The molecule has 0 aliphatic rings. The molecule has 0 radical (unpaired) electrons. The fraction of sp³-hybridized carbons (Fsp3) is 0.300. The van der Waals surface area contributed by atoms with E-state index < -0.39 is 5.82 Å². The Balaban J connectivity index is 3.02. The number of nitrogens with zero attached hydrogens (tertiary/aromatic N) is 1. The molecule has 0 saturated heterocycles. The third kappa shape index (κ3) is 3.47. The van der Waals surface area contributed by atoms with Crippen LogP contribution in [0.2, 0.25) is 5.02 Å². The summed E-state index contributed by atoms with van der Waals surface area (Å²) in [4.78, 5) is 0. The summed E-state index contributed by atoms with van der Waals surface area (Å²) in [6.07, 6.45) is 0.593. The molecule has 1 rings (SSSR count). The lowest BCUT2D eigenvalue weighted by Crippen LogP contribution is -2.35. The Morgan fingerprint density at radius 1 is 1.71 bits per heavy atom. The number of halogens is 3. The molecule has 0 fully saturated rings. The summed E-state index contributed by atoms with van der Waals surface area (Å²) in [5, 5.41) is 14.8. The second-order valence-corrected chi connectivity index (χ2v) is 4.64. The van der Waals surface area contributed by atoms with Gasteiger partial charge >= 0.3 is 0 Å². The third-order valence-electron chi connectivity index (χ3n) is 2.21. The minimum atomic E-state index is -0.440. The van der Waals surface area contributed by atoms with Gasteiger partial charge in [0.1, 0.15) is 5.82 Å². The normalized spacial score (nSPS) is 13.5. The Morgan fingerprint density at radius 2 is 2.35 bits per heavy atom. The zero-order valence-electron chi connectivity index (χ0n) is 9.04. The van der Waals surface area contributed by atoms with Gasteiger partial charge in [-0.1, -0.05) is 23.7 Å². The van der Waals surface area contributed by atoms with E-state index in [1.807, 2.05) is 6.92 Å². The first-order valence-electron chi connectivity index (χ1n) is 4.88. The molecular weight excluding hydrogens is 312 g/mol. The molecular formula is C10H12BrClFN3O. The Bertz CT molecular complexity index is 419. The molecule has 1 unspecified atom stereocenters. The number of rotatable bonds is 4. The van der Waals surface area contributed by atoms with Crippen LogP contribution < -0.4 is 11.1 Å². The molecule has 0 bridgehead atoms. The van der Waals surface area contributed by atoms with Gasteiger partial charge in [0.2, 0.25) is 0 Å². The number of nitrogens with two attached hydrogens (primary N) is 1. The maximum Gasteiger partial charge on any atom is 0.161 e. The van der Waals surface area contributed by atoms with Gasteiger partial charge in [0.15, 0.2) is 5.84 Å². The molecule has 0 aromatic heterocycles. The molecule has 0 amide bonds. The van der Waals surface area contributed by atoms with Gasteiger partial charge in [0, 0.05) is 4.47 Å². The number of nitrogens with one attached hydrogen (secondary N) is 1. The molecule has 4 N–H and O–H groups in total. The topological polar surface area (TPSA) is 70.6 Å². The average Bonchev–Trinajstić information content (AvgIpc) is 2.27.